The van der Waals surface area contributed by atoms with Gasteiger partial charge in [-0.15, -0.1) is 0 Å². The smallest absolute Gasteiger partial charge is 0.315 e. The number of nitriles is 1. The quantitative estimate of drug-likeness (QED) is 0.776. The fraction of sp³-hybridized carbons (Fsp3) is 0.0909. The third kappa shape index (κ3) is 2.87. The predicted octanol–water partition coefficient (Wildman–Crippen LogP) is 1.46. The number of nitrogens with zero attached hydrogens (tertiary/aromatic N) is 2. The molecule has 2 rings (SSSR count). The summed E-state index contributed by atoms with van der Waals surface area (Å²) in [6, 6.07) is 9.38. The Kier molecular flexibility index (Phi) is 3.30. The number of rotatable bonds is 4. The molecule has 0 amide bonds. The number of aromatic nitrogens is 1. The molecule has 0 atom stereocenters. The number of para-hydroxylation sites is 1. The number of benzene rings is 1. The lowest BCUT2D eigenvalue weighted by molar-refractivity contribution is 0.412. The van der Waals surface area contributed by atoms with Crippen LogP contribution in [0, 0.1) is 11.3 Å². The Labute approximate surface area is 104 Å². The van der Waals surface area contributed by atoms with Gasteiger partial charge in [-0.05, 0) is 12.1 Å². The van der Waals surface area contributed by atoms with Crippen LogP contribution in [-0.2, 0) is 15.9 Å². The highest BCUT2D eigenvalue weighted by Gasteiger charge is 2.17. The van der Waals surface area contributed by atoms with Crippen LogP contribution in [0.4, 0.5) is 0 Å². The van der Waals surface area contributed by atoms with Crippen molar-refractivity contribution >= 4 is 10.1 Å². The normalized spacial score (nSPS) is 10.8. The average molecular weight is 264 g/mol. The Morgan fingerprint density at radius 1 is 1.33 bits per heavy atom. The Hall–Kier alpha value is -2.33. The van der Waals surface area contributed by atoms with Gasteiger partial charge in [0.05, 0.1) is 5.56 Å². The number of hydrogen-bond acceptors (Lipinski definition) is 6. The van der Waals surface area contributed by atoms with E-state index in [-0.39, 0.29) is 17.0 Å². The standard InChI is InChI=1S/C11H8N2O4S/c12-7-9-3-1-2-4-11(9)17-18(14,15)8-10-5-6-16-13-10/h1-6H,8H2. The Morgan fingerprint density at radius 3 is 2.78 bits per heavy atom. The Morgan fingerprint density at radius 2 is 2.11 bits per heavy atom. The second-order valence-corrected chi connectivity index (χ2v) is 4.95. The van der Waals surface area contributed by atoms with Crippen LogP contribution in [0.2, 0.25) is 0 Å². The summed E-state index contributed by atoms with van der Waals surface area (Å²) < 4.78 is 32.8. The van der Waals surface area contributed by atoms with Crippen LogP contribution < -0.4 is 4.18 Å². The minimum Gasteiger partial charge on any atom is -0.381 e. The molecular formula is C11H8N2O4S. The molecule has 0 N–H and O–H groups in total. The molecule has 1 aromatic heterocycles. The molecule has 0 radical (unpaired) electrons. The molecule has 7 heteroatoms. The zero-order valence-corrected chi connectivity index (χ0v) is 9.92. The molecule has 6 nitrogen and oxygen atoms in total. The summed E-state index contributed by atoms with van der Waals surface area (Å²) in [5.41, 5.74) is 0.394. The maximum absolute atomic E-state index is 11.7. The third-order valence-electron chi connectivity index (χ3n) is 2.04. The van der Waals surface area contributed by atoms with Crippen LogP contribution in [0.15, 0.2) is 41.1 Å². The van der Waals surface area contributed by atoms with Crippen LogP contribution in [0.5, 0.6) is 5.75 Å². The zero-order valence-electron chi connectivity index (χ0n) is 9.11. The first-order chi connectivity index (χ1) is 8.61. The highest BCUT2D eigenvalue weighted by Crippen LogP contribution is 2.19. The molecule has 0 bridgehead atoms. The van der Waals surface area contributed by atoms with Gasteiger partial charge in [0.2, 0.25) is 0 Å². The van der Waals surface area contributed by atoms with E-state index >= 15 is 0 Å². The maximum atomic E-state index is 11.7. The van der Waals surface area contributed by atoms with E-state index in [1.54, 1.807) is 12.1 Å². The molecule has 0 fully saturated rings. The van der Waals surface area contributed by atoms with E-state index in [1.165, 1.54) is 24.5 Å². The minimum atomic E-state index is -3.86. The lowest BCUT2D eigenvalue weighted by Gasteiger charge is -2.06. The van der Waals surface area contributed by atoms with Gasteiger partial charge in [0.25, 0.3) is 0 Å². The maximum Gasteiger partial charge on any atom is 0.315 e. The Balaban J connectivity index is 2.21. The van der Waals surface area contributed by atoms with Crippen LogP contribution >= 0.6 is 0 Å². The average Bonchev–Trinajstić information content (AvgIpc) is 2.81. The summed E-state index contributed by atoms with van der Waals surface area (Å²) in [7, 11) is -3.86. The zero-order chi connectivity index (χ0) is 13.0. The lowest BCUT2D eigenvalue weighted by Crippen LogP contribution is -2.13. The van der Waals surface area contributed by atoms with Crippen LogP contribution in [0.3, 0.4) is 0 Å². The molecular weight excluding hydrogens is 256 g/mol. The second-order valence-electron chi connectivity index (χ2n) is 3.38. The first-order valence-corrected chi connectivity index (χ1v) is 6.49. The van der Waals surface area contributed by atoms with Gasteiger partial charge < -0.3 is 8.71 Å². The largest absolute Gasteiger partial charge is 0.381 e. The SMILES string of the molecule is N#Cc1ccccc1OS(=O)(=O)Cc1ccon1. The van der Waals surface area contributed by atoms with E-state index in [1.807, 2.05) is 6.07 Å². The molecule has 1 heterocycles. The first-order valence-electron chi connectivity index (χ1n) is 4.91. The Bertz CT molecular complexity index is 671. The molecule has 0 spiro atoms. The molecule has 0 unspecified atom stereocenters. The molecule has 18 heavy (non-hydrogen) atoms. The molecule has 2 aromatic rings. The minimum absolute atomic E-state index is 0.00324. The van der Waals surface area contributed by atoms with Gasteiger partial charge in [0, 0.05) is 6.07 Å². The van der Waals surface area contributed by atoms with Crippen molar-refractivity contribution in [1.82, 2.24) is 5.16 Å². The lowest BCUT2D eigenvalue weighted by atomic mass is 10.2. The topological polar surface area (TPSA) is 93.2 Å². The van der Waals surface area contributed by atoms with E-state index in [0.29, 0.717) is 0 Å². The van der Waals surface area contributed by atoms with Crippen LogP contribution in [0.25, 0.3) is 0 Å². The van der Waals surface area contributed by atoms with Crippen molar-refractivity contribution < 1.29 is 17.1 Å². The van der Waals surface area contributed by atoms with Crippen molar-refractivity contribution in [3.63, 3.8) is 0 Å². The summed E-state index contributed by atoms with van der Waals surface area (Å²) in [5.74, 6) is -0.410. The van der Waals surface area contributed by atoms with Gasteiger partial charge >= 0.3 is 10.1 Å². The fourth-order valence-electron chi connectivity index (χ4n) is 1.29. The number of hydrogen-bond donors (Lipinski definition) is 0. The fourth-order valence-corrected chi connectivity index (χ4v) is 2.28. The van der Waals surface area contributed by atoms with Gasteiger partial charge in [-0.2, -0.15) is 13.7 Å². The van der Waals surface area contributed by atoms with E-state index < -0.39 is 15.9 Å². The first kappa shape index (κ1) is 12.1. The molecule has 0 aliphatic carbocycles. The highest BCUT2D eigenvalue weighted by atomic mass is 32.2. The summed E-state index contributed by atoms with van der Waals surface area (Å²) >= 11 is 0. The summed E-state index contributed by atoms with van der Waals surface area (Å²) in [4.78, 5) is 0. The molecule has 0 aliphatic heterocycles. The van der Waals surface area contributed by atoms with Crippen molar-refractivity contribution in [1.29, 1.82) is 5.26 Å². The molecule has 0 saturated heterocycles. The van der Waals surface area contributed by atoms with Crippen molar-refractivity contribution in [2.45, 2.75) is 5.75 Å². The van der Waals surface area contributed by atoms with Gasteiger partial charge in [-0.25, -0.2) is 0 Å². The summed E-state index contributed by atoms with van der Waals surface area (Å²) in [6.07, 6.45) is 1.27. The third-order valence-corrected chi connectivity index (χ3v) is 3.12. The summed E-state index contributed by atoms with van der Waals surface area (Å²) in [6.45, 7) is 0. The molecule has 0 saturated carbocycles. The van der Waals surface area contributed by atoms with Gasteiger partial charge in [-0.3, -0.25) is 0 Å². The van der Waals surface area contributed by atoms with Crippen LogP contribution in [-0.4, -0.2) is 13.6 Å². The van der Waals surface area contributed by atoms with Crippen molar-refractivity contribution in [2.75, 3.05) is 0 Å². The van der Waals surface area contributed by atoms with Crippen molar-refractivity contribution in [2.24, 2.45) is 0 Å². The van der Waals surface area contributed by atoms with Gasteiger partial charge in [0.15, 0.2) is 5.75 Å². The predicted molar refractivity (Wildman–Crippen MR) is 60.9 cm³/mol. The summed E-state index contributed by atoms with van der Waals surface area (Å²) in [5, 5.41) is 12.3. The van der Waals surface area contributed by atoms with Crippen LogP contribution in [0.1, 0.15) is 11.3 Å². The van der Waals surface area contributed by atoms with Crippen molar-refractivity contribution in [3.8, 4) is 11.8 Å². The van der Waals surface area contributed by atoms with E-state index in [2.05, 4.69) is 9.68 Å². The van der Waals surface area contributed by atoms with E-state index in [4.69, 9.17) is 9.44 Å². The van der Waals surface area contributed by atoms with E-state index in [0.717, 1.165) is 0 Å². The highest BCUT2D eigenvalue weighted by molar-refractivity contribution is 7.86. The van der Waals surface area contributed by atoms with Gasteiger partial charge in [-0.1, -0.05) is 17.3 Å². The second kappa shape index (κ2) is 4.89. The van der Waals surface area contributed by atoms with E-state index in [9.17, 15) is 8.42 Å². The van der Waals surface area contributed by atoms with Crippen molar-refractivity contribution in [3.05, 3.63) is 47.9 Å². The van der Waals surface area contributed by atoms with Gasteiger partial charge in [0.1, 0.15) is 23.8 Å². The molecule has 92 valence electrons. The monoisotopic (exact) mass is 264 g/mol. The molecule has 0 aliphatic rings. The molecule has 1 aromatic carbocycles.